The number of nitrogens with zero attached hydrogens (tertiary/aromatic N) is 2. The van der Waals surface area contributed by atoms with Crippen molar-refractivity contribution in [1.82, 2.24) is 15.2 Å². The zero-order chi connectivity index (χ0) is 22.8. The summed E-state index contributed by atoms with van der Waals surface area (Å²) >= 11 is 1.24. The van der Waals surface area contributed by atoms with Gasteiger partial charge >= 0.3 is 0 Å². The van der Waals surface area contributed by atoms with Gasteiger partial charge in [0.05, 0.1) is 18.7 Å². The van der Waals surface area contributed by atoms with Gasteiger partial charge in [-0.1, -0.05) is 31.5 Å². The lowest BCUT2D eigenvalue weighted by Crippen LogP contribution is -2.40. The van der Waals surface area contributed by atoms with E-state index in [1.165, 1.54) is 16.2 Å². The van der Waals surface area contributed by atoms with Crippen molar-refractivity contribution in [1.29, 1.82) is 0 Å². The zero-order valence-electron chi connectivity index (χ0n) is 18.4. The van der Waals surface area contributed by atoms with Crippen LogP contribution in [0.1, 0.15) is 35.5 Å². The standard InChI is InChI=1S/C22H30N4O4S/c1-15(2)12-23-19(27)11-18-14-31-22(24-18)25-20(28)13-26(9-10-30-4)21(29)17-7-5-16(3)6-8-17/h5-8,14-15H,9-13H2,1-4H3,(H,23,27)(H,24,25,28). The molecule has 0 bridgehead atoms. The first-order valence-electron chi connectivity index (χ1n) is 10.1. The smallest absolute Gasteiger partial charge is 0.254 e. The number of thiazole rings is 1. The normalized spacial score (nSPS) is 10.7. The third-order valence-electron chi connectivity index (χ3n) is 4.33. The number of ether oxygens (including phenoxy) is 1. The highest BCUT2D eigenvalue weighted by atomic mass is 32.1. The maximum atomic E-state index is 12.8. The van der Waals surface area contributed by atoms with Crippen molar-refractivity contribution in [3.63, 3.8) is 0 Å². The summed E-state index contributed by atoms with van der Waals surface area (Å²) < 4.78 is 5.08. The quantitative estimate of drug-likeness (QED) is 0.552. The van der Waals surface area contributed by atoms with Crippen molar-refractivity contribution in [2.24, 2.45) is 5.92 Å². The molecule has 2 aromatic rings. The number of amides is 3. The van der Waals surface area contributed by atoms with E-state index in [1.807, 2.05) is 32.9 Å². The summed E-state index contributed by atoms with van der Waals surface area (Å²) in [6, 6.07) is 7.20. The van der Waals surface area contributed by atoms with Crippen LogP contribution in [0.3, 0.4) is 0 Å². The molecule has 31 heavy (non-hydrogen) atoms. The van der Waals surface area contributed by atoms with Crippen LogP contribution in [-0.4, -0.2) is 61.0 Å². The Kier molecular flexibility index (Phi) is 9.61. The number of hydrogen-bond acceptors (Lipinski definition) is 6. The number of hydrogen-bond donors (Lipinski definition) is 2. The van der Waals surface area contributed by atoms with Crippen LogP contribution in [0.5, 0.6) is 0 Å². The topological polar surface area (TPSA) is 101 Å². The minimum Gasteiger partial charge on any atom is -0.383 e. The van der Waals surface area contributed by atoms with Gasteiger partial charge in [-0.25, -0.2) is 4.98 Å². The van der Waals surface area contributed by atoms with Crippen molar-refractivity contribution in [2.45, 2.75) is 27.2 Å². The molecule has 2 rings (SSSR count). The molecule has 0 fully saturated rings. The van der Waals surface area contributed by atoms with E-state index in [1.54, 1.807) is 24.6 Å². The SMILES string of the molecule is COCCN(CC(=O)Nc1nc(CC(=O)NCC(C)C)cs1)C(=O)c1ccc(C)cc1. The Balaban J connectivity index is 1.95. The molecule has 0 atom stereocenters. The van der Waals surface area contributed by atoms with Gasteiger partial charge in [0.15, 0.2) is 5.13 Å². The molecule has 2 N–H and O–H groups in total. The zero-order valence-corrected chi connectivity index (χ0v) is 19.3. The number of aryl methyl sites for hydroxylation is 1. The van der Waals surface area contributed by atoms with Gasteiger partial charge in [-0.2, -0.15) is 0 Å². The van der Waals surface area contributed by atoms with Gasteiger partial charge in [0, 0.05) is 31.1 Å². The summed E-state index contributed by atoms with van der Waals surface area (Å²) in [5.41, 5.74) is 2.15. The second-order valence-corrected chi connectivity index (χ2v) is 8.51. The average Bonchev–Trinajstić information content (AvgIpc) is 3.16. The Labute approximate surface area is 187 Å². The van der Waals surface area contributed by atoms with Gasteiger partial charge < -0.3 is 20.3 Å². The van der Waals surface area contributed by atoms with E-state index in [4.69, 9.17) is 4.74 Å². The van der Waals surface area contributed by atoms with E-state index >= 15 is 0 Å². The van der Waals surface area contributed by atoms with Gasteiger partial charge in [0.2, 0.25) is 11.8 Å². The number of benzene rings is 1. The van der Waals surface area contributed by atoms with Crippen molar-refractivity contribution in [2.75, 3.05) is 38.7 Å². The molecule has 0 aliphatic carbocycles. The van der Waals surface area contributed by atoms with E-state index < -0.39 is 0 Å². The number of nitrogens with one attached hydrogen (secondary N) is 2. The van der Waals surface area contributed by atoms with Gasteiger partial charge in [0.25, 0.3) is 5.91 Å². The van der Waals surface area contributed by atoms with E-state index in [0.717, 1.165) is 5.56 Å². The Bertz CT molecular complexity index is 880. The van der Waals surface area contributed by atoms with Crippen LogP contribution in [0, 0.1) is 12.8 Å². The number of carbonyl (C=O) groups is 3. The predicted octanol–water partition coefficient (Wildman–Crippen LogP) is 2.49. The fraction of sp³-hybridized carbons (Fsp3) is 0.455. The van der Waals surface area contributed by atoms with Gasteiger partial charge in [-0.05, 0) is 25.0 Å². The van der Waals surface area contributed by atoms with E-state index in [0.29, 0.717) is 35.5 Å². The van der Waals surface area contributed by atoms with Gasteiger partial charge in [0.1, 0.15) is 6.54 Å². The predicted molar refractivity (Wildman–Crippen MR) is 121 cm³/mol. The second-order valence-electron chi connectivity index (χ2n) is 7.65. The lowest BCUT2D eigenvalue weighted by atomic mass is 10.1. The van der Waals surface area contributed by atoms with Crippen molar-refractivity contribution >= 4 is 34.2 Å². The molecule has 0 aliphatic heterocycles. The van der Waals surface area contributed by atoms with Crippen LogP contribution in [0.4, 0.5) is 5.13 Å². The number of rotatable bonds is 11. The Hall–Kier alpha value is -2.78. The first-order chi connectivity index (χ1) is 14.8. The molecule has 0 spiro atoms. The van der Waals surface area contributed by atoms with Crippen LogP contribution < -0.4 is 10.6 Å². The minimum absolute atomic E-state index is 0.105. The number of anilines is 1. The van der Waals surface area contributed by atoms with Crippen molar-refractivity contribution in [3.8, 4) is 0 Å². The molecule has 9 heteroatoms. The lowest BCUT2D eigenvalue weighted by molar-refractivity contribution is -0.120. The highest BCUT2D eigenvalue weighted by molar-refractivity contribution is 7.13. The molecule has 1 aromatic heterocycles. The lowest BCUT2D eigenvalue weighted by Gasteiger charge is -2.21. The largest absolute Gasteiger partial charge is 0.383 e. The molecule has 0 unspecified atom stereocenters. The molecule has 0 saturated carbocycles. The molecule has 1 aromatic carbocycles. The maximum Gasteiger partial charge on any atom is 0.254 e. The van der Waals surface area contributed by atoms with Crippen molar-refractivity contribution in [3.05, 3.63) is 46.5 Å². The molecule has 8 nitrogen and oxygen atoms in total. The van der Waals surface area contributed by atoms with Crippen molar-refractivity contribution < 1.29 is 19.1 Å². The Morgan fingerprint density at radius 3 is 2.52 bits per heavy atom. The number of carbonyl (C=O) groups excluding carboxylic acids is 3. The summed E-state index contributed by atoms with van der Waals surface area (Å²) in [5.74, 6) is -0.334. The molecule has 168 valence electrons. The van der Waals surface area contributed by atoms with E-state index in [-0.39, 0.29) is 37.2 Å². The summed E-state index contributed by atoms with van der Waals surface area (Å²) in [6.45, 7) is 7.08. The first kappa shape index (κ1) is 24.5. The van der Waals surface area contributed by atoms with Crippen LogP contribution in [-0.2, 0) is 20.7 Å². The molecule has 3 amide bonds. The van der Waals surface area contributed by atoms with Gasteiger partial charge in [-0.15, -0.1) is 11.3 Å². The highest BCUT2D eigenvalue weighted by Crippen LogP contribution is 2.16. The molecule has 0 radical (unpaired) electrons. The first-order valence-corrected chi connectivity index (χ1v) is 11.0. The molecular formula is C22H30N4O4S. The molecular weight excluding hydrogens is 416 g/mol. The summed E-state index contributed by atoms with van der Waals surface area (Å²) in [4.78, 5) is 43.0. The third-order valence-corrected chi connectivity index (χ3v) is 5.14. The molecule has 1 heterocycles. The van der Waals surface area contributed by atoms with Crippen LogP contribution in [0.2, 0.25) is 0 Å². The van der Waals surface area contributed by atoms with E-state index in [9.17, 15) is 14.4 Å². The van der Waals surface area contributed by atoms with Gasteiger partial charge in [-0.3, -0.25) is 14.4 Å². The summed E-state index contributed by atoms with van der Waals surface area (Å²) in [5, 5.41) is 7.69. The fourth-order valence-electron chi connectivity index (χ4n) is 2.66. The Morgan fingerprint density at radius 1 is 1.16 bits per heavy atom. The number of methoxy groups -OCH3 is 1. The summed E-state index contributed by atoms with van der Waals surface area (Å²) in [6.07, 6.45) is 0.158. The number of aromatic nitrogens is 1. The van der Waals surface area contributed by atoms with Crippen LogP contribution in [0.15, 0.2) is 29.6 Å². The minimum atomic E-state index is -0.360. The maximum absolute atomic E-state index is 12.8. The van der Waals surface area contributed by atoms with E-state index in [2.05, 4.69) is 15.6 Å². The fourth-order valence-corrected chi connectivity index (χ4v) is 3.38. The molecule has 0 saturated heterocycles. The average molecular weight is 447 g/mol. The van der Waals surface area contributed by atoms with Crippen LogP contribution >= 0.6 is 11.3 Å². The molecule has 0 aliphatic rings. The van der Waals surface area contributed by atoms with Crippen LogP contribution in [0.25, 0.3) is 0 Å². The highest BCUT2D eigenvalue weighted by Gasteiger charge is 2.19. The Morgan fingerprint density at radius 2 is 1.87 bits per heavy atom. The second kappa shape index (κ2) is 12.2. The third kappa shape index (κ3) is 8.47. The summed E-state index contributed by atoms with van der Waals surface area (Å²) in [7, 11) is 1.54. The monoisotopic (exact) mass is 446 g/mol.